The van der Waals surface area contributed by atoms with Gasteiger partial charge < -0.3 is 16.0 Å². The van der Waals surface area contributed by atoms with Gasteiger partial charge in [-0.05, 0) is 63.1 Å². The molecule has 3 N–H and O–H groups in total. The fraction of sp³-hybridized carbons (Fsp3) is 0.200. The Bertz CT molecular complexity index is 1160. The molecule has 3 rings (SSSR count). The third-order valence-electron chi connectivity index (χ3n) is 4.90. The van der Waals surface area contributed by atoms with Crippen LogP contribution in [0.15, 0.2) is 83.4 Å². The fourth-order valence-electron chi connectivity index (χ4n) is 3.19. The number of amidine groups is 1. The van der Waals surface area contributed by atoms with E-state index in [2.05, 4.69) is 32.5 Å². The molecule has 2 heterocycles. The minimum atomic E-state index is -0.204. The number of pyridine rings is 1. The SMILES string of the molecule is C=C1C=C(C)C(=O)NC1=N/C=C(\C)N[C@@H](C)c1cccc(NC(=O)c2cncc(C)c2)c1. The van der Waals surface area contributed by atoms with E-state index in [-0.39, 0.29) is 17.9 Å². The molecule has 1 aromatic carbocycles. The number of nitrogens with one attached hydrogen (secondary N) is 3. The molecule has 0 aliphatic carbocycles. The molecule has 0 spiro atoms. The van der Waals surface area contributed by atoms with Crippen molar-refractivity contribution in [2.24, 2.45) is 4.99 Å². The molecule has 1 aliphatic heterocycles. The zero-order valence-corrected chi connectivity index (χ0v) is 18.7. The maximum atomic E-state index is 12.5. The number of aromatic nitrogens is 1. The summed E-state index contributed by atoms with van der Waals surface area (Å²) in [5.41, 5.74) is 5.22. The van der Waals surface area contributed by atoms with Crippen molar-refractivity contribution in [2.75, 3.05) is 5.32 Å². The Morgan fingerprint density at radius 1 is 1.25 bits per heavy atom. The van der Waals surface area contributed by atoms with Gasteiger partial charge in [0.15, 0.2) is 0 Å². The molecule has 2 aromatic rings. The van der Waals surface area contributed by atoms with E-state index in [0.717, 1.165) is 16.8 Å². The number of carbonyl (C=O) groups excluding carboxylic acids is 2. The molecule has 0 bridgehead atoms. The third-order valence-corrected chi connectivity index (χ3v) is 4.90. The first-order valence-corrected chi connectivity index (χ1v) is 10.3. The highest BCUT2D eigenvalue weighted by Crippen LogP contribution is 2.19. The number of anilines is 1. The molecule has 0 unspecified atom stereocenters. The first-order chi connectivity index (χ1) is 15.2. The normalized spacial score (nSPS) is 16.3. The number of hydrogen-bond donors (Lipinski definition) is 3. The minimum absolute atomic E-state index is 0.0322. The number of aliphatic imine (C=N–C) groups is 1. The van der Waals surface area contributed by atoms with Gasteiger partial charge in [-0.3, -0.25) is 14.6 Å². The van der Waals surface area contributed by atoms with Crippen LogP contribution in [0.25, 0.3) is 0 Å². The van der Waals surface area contributed by atoms with Gasteiger partial charge in [-0.2, -0.15) is 0 Å². The van der Waals surface area contributed by atoms with Crippen LogP contribution in [0, 0.1) is 6.92 Å². The molecule has 0 saturated heterocycles. The molecule has 1 atom stereocenters. The number of aryl methyl sites for hydroxylation is 1. The summed E-state index contributed by atoms with van der Waals surface area (Å²) in [5, 5.41) is 9.01. The van der Waals surface area contributed by atoms with Gasteiger partial charge in [0.05, 0.1) is 5.56 Å². The van der Waals surface area contributed by atoms with Crippen LogP contribution in [-0.4, -0.2) is 22.6 Å². The number of amides is 2. The zero-order chi connectivity index (χ0) is 23.3. The molecule has 164 valence electrons. The third kappa shape index (κ3) is 5.78. The Morgan fingerprint density at radius 3 is 2.78 bits per heavy atom. The number of carbonyl (C=O) groups is 2. The molecule has 7 heteroatoms. The van der Waals surface area contributed by atoms with Gasteiger partial charge in [0.2, 0.25) is 0 Å². The van der Waals surface area contributed by atoms with E-state index < -0.39 is 0 Å². The highest BCUT2D eigenvalue weighted by atomic mass is 16.2. The summed E-state index contributed by atoms with van der Waals surface area (Å²) < 4.78 is 0. The molecule has 1 aliphatic rings. The number of hydrogen-bond acceptors (Lipinski definition) is 5. The highest BCUT2D eigenvalue weighted by Gasteiger charge is 2.16. The van der Waals surface area contributed by atoms with Gasteiger partial charge in [-0.1, -0.05) is 18.7 Å². The molecular formula is C25H27N5O2. The molecule has 0 saturated carbocycles. The maximum Gasteiger partial charge on any atom is 0.257 e. The monoisotopic (exact) mass is 429 g/mol. The fourth-order valence-corrected chi connectivity index (χ4v) is 3.19. The summed E-state index contributed by atoms with van der Waals surface area (Å²) in [5.74, 6) is 0.0542. The Hall–Kier alpha value is -4.00. The zero-order valence-electron chi connectivity index (χ0n) is 18.7. The number of nitrogens with zero attached hydrogens (tertiary/aromatic N) is 2. The van der Waals surface area contributed by atoms with E-state index in [0.29, 0.717) is 28.2 Å². The lowest BCUT2D eigenvalue weighted by atomic mass is 10.1. The van der Waals surface area contributed by atoms with Crippen molar-refractivity contribution in [1.82, 2.24) is 15.6 Å². The van der Waals surface area contributed by atoms with Crippen molar-refractivity contribution in [3.8, 4) is 0 Å². The number of rotatable bonds is 6. The first kappa shape index (κ1) is 22.7. The second-order valence-corrected chi connectivity index (χ2v) is 7.79. The van der Waals surface area contributed by atoms with Gasteiger partial charge in [-0.25, -0.2) is 4.99 Å². The molecule has 1 aromatic heterocycles. The Balaban J connectivity index is 1.66. The Labute approximate surface area is 188 Å². The summed E-state index contributed by atoms with van der Waals surface area (Å²) in [6, 6.07) is 9.42. The number of benzene rings is 1. The topological polar surface area (TPSA) is 95.5 Å². The van der Waals surface area contributed by atoms with Crippen molar-refractivity contribution >= 4 is 23.3 Å². The summed E-state index contributed by atoms with van der Waals surface area (Å²) in [6.07, 6.45) is 6.62. The van der Waals surface area contributed by atoms with Crippen LogP contribution in [0.1, 0.15) is 48.3 Å². The van der Waals surface area contributed by atoms with Crippen molar-refractivity contribution in [1.29, 1.82) is 0 Å². The van der Waals surface area contributed by atoms with Crippen LogP contribution >= 0.6 is 0 Å². The molecule has 2 amide bonds. The standard InChI is InChI=1S/C25H27N5O2/c1-15-9-21(14-26-12-15)25(32)29-22-8-6-7-20(11-22)19(5)28-18(4)13-27-23-16(2)10-17(3)24(31)30-23/h6-14,19,28H,2H2,1,3-5H3,(H,29,32)(H,27,30,31)/b18-13+/t19-/m0/s1. The summed E-state index contributed by atoms with van der Waals surface area (Å²) in [6.45, 7) is 11.5. The van der Waals surface area contributed by atoms with E-state index >= 15 is 0 Å². The van der Waals surface area contributed by atoms with Crippen LogP contribution < -0.4 is 16.0 Å². The predicted molar refractivity (Wildman–Crippen MR) is 127 cm³/mol. The first-order valence-electron chi connectivity index (χ1n) is 10.3. The van der Waals surface area contributed by atoms with E-state index in [1.807, 2.05) is 45.0 Å². The predicted octanol–water partition coefficient (Wildman–Crippen LogP) is 4.19. The van der Waals surface area contributed by atoms with E-state index in [9.17, 15) is 9.59 Å². The summed E-state index contributed by atoms with van der Waals surface area (Å²) in [4.78, 5) is 32.7. The van der Waals surface area contributed by atoms with Gasteiger partial charge in [0.1, 0.15) is 5.84 Å². The van der Waals surface area contributed by atoms with E-state index in [1.54, 1.807) is 37.7 Å². The van der Waals surface area contributed by atoms with Crippen molar-refractivity contribution in [3.63, 3.8) is 0 Å². The van der Waals surface area contributed by atoms with Gasteiger partial charge in [-0.15, -0.1) is 0 Å². The quantitative estimate of drug-likeness (QED) is 0.642. The molecular weight excluding hydrogens is 402 g/mol. The van der Waals surface area contributed by atoms with Crippen molar-refractivity contribution in [2.45, 2.75) is 33.7 Å². The van der Waals surface area contributed by atoms with Crippen LogP contribution in [-0.2, 0) is 4.79 Å². The van der Waals surface area contributed by atoms with Crippen LogP contribution in [0.5, 0.6) is 0 Å². The lowest BCUT2D eigenvalue weighted by Crippen LogP contribution is -2.35. The molecule has 0 fully saturated rings. The van der Waals surface area contributed by atoms with Crippen molar-refractivity contribution in [3.05, 3.63) is 95.1 Å². The largest absolute Gasteiger partial charge is 0.381 e. The summed E-state index contributed by atoms with van der Waals surface area (Å²) in [7, 11) is 0. The second kappa shape index (κ2) is 9.87. The van der Waals surface area contributed by atoms with E-state index in [1.165, 1.54) is 0 Å². The Kier molecular flexibility index (Phi) is 7.00. The minimum Gasteiger partial charge on any atom is -0.381 e. The lowest BCUT2D eigenvalue weighted by Gasteiger charge is -2.17. The summed E-state index contributed by atoms with van der Waals surface area (Å²) >= 11 is 0. The second-order valence-electron chi connectivity index (χ2n) is 7.79. The molecule has 7 nitrogen and oxygen atoms in total. The Morgan fingerprint density at radius 2 is 2.03 bits per heavy atom. The molecule has 32 heavy (non-hydrogen) atoms. The average Bonchev–Trinajstić information content (AvgIpc) is 2.75. The maximum absolute atomic E-state index is 12.5. The van der Waals surface area contributed by atoms with Gasteiger partial charge in [0.25, 0.3) is 11.8 Å². The van der Waals surface area contributed by atoms with Crippen LogP contribution in [0.2, 0.25) is 0 Å². The molecule has 0 radical (unpaired) electrons. The number of allylic oxidation sites excluding steroid dienone is 1. The van der Waals surface area contributed by atoms with Gasteiger partial charge in [0, 0.05) is 47.2 Å². The van der Waals surface area contributed by atoms with E-state index in [4.69, 9.17) is 0 Å². The average molecular weight is 430 g/mol. The smallest absolute Gasteiger partial charge is 0.257 e. The lowest BCUT2D eigenvalue weighted by molar-refractivity contribution is -0.116. The highest BCUT2D eigenvalue weighted by molar-refractivity contribution is 6.17. The van der Waals surface area contributed by atoms with Crippen molar-refractivity contribution < 1.29 is 9.59 Å². The van der Waals surface area contributed by atoms with Gasteiger partial charge >= 0.3 is 0 Å². The van der Waals surface area contributed by atoms with Crippen LogP contribution in [0.4, 0.5) is 5.69 Å². The van der Waals surface area contributed by atoms with Crippen LogP contribution in [0.3, 0.4) is 0 Å².